The summed E-state index contributed by atoms with van der Waals surface area (Å²) in [5.41, 5.74) is 3.56. The van der Waals surface area contributed by atoms with Crippen molar-refractivity contribution >= 4 is 11.3 Å². The van der Waals surface area contributed by atoms with Gasteiger partial charge >= 0.3 is 0 Å². The molecule has 1 unspecified atom stereocenters. The smallest absolute Gasteiger partial charge is 0.216 e. The molecule has 0 aromatic carbocycles. The molecule has 6 heteroatoms. The first-order chi connectivity index (χ1) is 8.24. The average molecular weight is 250 g/mol. The molecule has 90 valence electrons. The zero-order chi connectivity index (χ0) is 12.3. The predicted octanol–water partition coefficient (Wildman–Crippen LogP) is 1.41. The standard InChI is InChI=1S/C11H14N4OS/c1-7-3-4-9(17-7)11(15-12)8-5-10(16-2)14-6-13-8/h3-6,11,15H,12H2,1-2H3. The van der Waals surface area contributed by atoms with E-state index < -0.39 is 0 Å². The minimum absolute atomic E-state index is 0.134. The van der Waals surface area contributed by atoms with E-state index in [1.165, 1.54) is 11.2 Å². The SMILES string of the molecule is COc1cc(C(NN)c2ccc(C)s2)ncn1. The highest BCUT2D eigenvalue weighted by molar-refractivity contribution is 7.12. The predicted molar refractivity (Wildman–Crippen MR) is 66.8 cm³/mol. The molecule has 2 rings (SSSR count). The van der Waals surface area contributed by atoms with Crippen LogP contribution in [-0.2, 0) is 0 Å². The third kappa shape index (κ3) is 2.60. The van der Waals surface area contributed by atoms with Gasteiger partial charge in [-0.2, -0.15) is 0 Å². The first-order valence-corrected chi connectivity index (χ1v) is 5.94. The fourth-order valence-corrected chi connectivity index (χ4v) is 2.50. The molecule has 1 atom stereocenters. The van der Waals surface area contributed by atoms with Gasteiger partial charge in [0.25, 0.3) is 0 Å². The highest BCUT2D eigenvalue weighted by Crippen LogP contribution is 2.27. The zero-order valence-corrected chi connectivity index (χ0v) is 10.5. The van der Waals surface area contributed by atoms with Crippen LogP contribution >= 0.6 is 11.3 Å². The first kappa shape index (κ1) is 12.0. The van der Waals surface area contributed by atoms with Crippen molar-refractivity contribution in [2.45, 2.75) is 13.0 Å². The molecule has 2 heterocycles. The Balaban J connectivity index is 2.34. The van der Waals surface area contributed by atoms with Gasteiger partial charge in [-0.1, -0.05) is 0 Å². The second-order valence-electron chi connectivity index (χ2n) is 3.53. The summed E-state index contributed by atoms with van der Waals surface area (Å²) in [4.78, 5) is 10.5. The monoisotopic (exact) mass is 250 g/mol. The lowest BCUT2D eigenvalue weighted by Crippen LogP contribution is -2.28. The van der Waals surface area contributed by atoms with Gasteiger partial charge in [0, 0.05) is 15.8 Å². The maximum Gasteiger partial charge on any atom is 0.216 e. The van der Waals surface area contributed by atoms with Crippen molar-refractivity contribution < 1.29 is 4.74 Å². The molecular formula is C11H14N4OS. The summed E-state index contributed by atoms with van der Waals surface area (Å²) in [6.45, 7) is 2.06. The Bertz CT molecular complexity index is 500. The highest BCUT2D eigenvalue weighted by Gasteiger charge is 2.16. The minimum atomic E-state index is -0.134. The maximum atomic E-state index is 5.59. The number of nitrogens with zero attached hydrogens (tertiary/aromatic N) is 2. The van der Waals surface area contributed by atoms with Gasteiger partial charge in [-0.15, -0.1) is 11.3 Å². The van der Waals surface area contributed by atoms with Gasteiger partial charge in [0.05, 0.1) is 18.8 Å². The molecular weight excluding hydrogens is 236 g/mol. The number of rotatable bonds is 4. The van der Waals surface area contributed by atoms with Gasteiger partial charge in [-0.05, 0) is 19.1 Å². The van der Waals surface area contributed by atoms with E-state index in [9.17, 15) is 0 Å². The fraction of sp³-hybridized carbons (Fsp3) is 0.273. The molecule has 2 aromatic rings. The Morgan fingerprint density at radius 2 is 2.24 bits per heavy atom. The molecule has 0 aliphatic heterocycles. The van der Waals surface area contributed by atoms with Crippen LogP contribution in [0.5, 0.6) is 5.88 Å². The van der Waals surface area contributed by atoms with E-state index in [2.05, 4.69) is 28.4 Å². The van der Waals surface area contributed by atoms with Gasteiger partial charge in [-0.3, -0.25) is 5.84 Å². The quantitative estimate of drug-likeness (QED) is 0.634. The summed E-state index contributed by atoms with van der Waals surface area (Å²) in [5, 5.41) is 0. The number of hydrogen-bond acceptors (Lipinski definition) is 6. The maximum absolute atomic E-state index is 5.59. The van der Waals surface area contributed by atoms with Crippen LogP contribution < -0.4 is 16.0 Å². The number of nitrogens with one attached hydrogen (secondary N) is 1. The van der Waals surface area contributed by atoms with Crippen LogP contribution in [0.2, 0.25) is 0 Å². The number of ether oxygens (including phenoxy) is 1. The van der Waals surface area contributed by atoms with E-state index in [1.807, 2.05) is 6.07 Å². The van der Waals surface area contributed by atoms with Crippen molar-refractivity contribution in [3.63, 3.8) is 0 Å². The molecule has 3 N–H and O–H groups in total. The summed E-state index contributed by atoms with van der Waals surface area (Å²) in [6.07, 6.45) is 1.47. The molecule has 0 fully saturated rings. The van der Waals surface area contributed by atoms with Crippen LogP contribution in [0.15, 0.2) is 24.5 Å². The Kier molecular flexibility index (Phi) is 3.68. The molecule has 2 aromatic heterocycles. The molecule has 0 spiro atoms. The second-order valence-corrected chi connectivity index (χ2v) is 4.85. The molecule has 0 aliphatic carbocycles. The van der Waals surface area contributed by atoms with E-state index in [1.54, 1.807) is 24.5 Å². The lowest BCUT2D eigenvalue weighted by atomic mass is 10.2. The summed E-state index contributed by atoms with van der Waals surface area (Å²) in [7, 11) is 1.58. The number of aryl methyl sites for hydroxylation is 1. The van der Waals surface area contributed by atoms with Crippen LogP contribution in [0, 0.1) is 6.92 Å². The molecule has 5 nitrogen and oxygen atoms in total. The normalized spacial score (nSPS) is 12.4. The Morgan fingerprint density at radius 1 is 1.41 bits per heavy atom. The molecule has 0 aliphatic rings. The molecule has 0 saturated carbocycles. The molecule has 0 radical (unpaired) electrons. The van der Waals surface area contributed by atoms with Crippen LogP contribution in [-0.4, -0.2) is 17.1 Å². The summed E-state index contributed by atoms with van der Waals surface area (Å²) >= 11 is 1.68. The number of aromatic nitrogens is 2. The van der Waals surface area contributed by atoms with E-state index >= 15 is 0 Å². The first-order valence-electron chi connectivity index (χ1n) is 5.13. The second kappa shape index (κ2) is 5.22. The zero-order valence-electron chi connectivity index (χ0n) is 9.68. The lowest BCUT2D eigenvalue weighted by molar-refractivity contribution is 0.395. The minimum Gasteiger partial charge on any atom is -0.481 e. The van der Waals surface area contributed by atoms with Crippen LogP contribution in [0.25, 0.3) is 0 Å². The molecule has 0 bridgehead atoms. The van der Waals surface area contributed by atoms with E-state index in [0.29, 0.717) is 5.88 Å². The lowest BCUT2D eigenvalue weighted by Gasteiger charge is -2.13. The van der Waals surface area contributed by atoms with Crippen molar-refractivity contribution in [1.82, 2.24) is 15.4 Å². The number of methoxy groups -OCH3 is 1. The van der Waals surface area contributed by atoms with Gasteiger partial charge < -0.3 is 4.74 Å². The van der Waals surface area contributed by atoms with Gasteiger partial charge in [0.15, 0.2) is 0 Å². The van der Waals surface area contributed by atoms with Crippen molar-refractivity contribution in [3.05, 3.63) is 40.0 Å². The largest absolute Gasteiger partial charge is 0.481 e. The third-order valence-electron chi connectivity index (χ3n) is 2.38. The van der Waals surface area contributed by atoms with Crippen LogP contribution in [0.4, 0.5) is 0 Å². The van der Waals surface area contributed by atoms with Gasteiger partial charge in [0.2, 0.25) is 5.88 Å². The fourth-order valence-electron chi connectivity index (χ4n) is 1.54. The van der Waals surface area contributed by atoms with Crippen LogP contribution in [0.3, 0.4) is 0 Å². The Labute approximate surface area is 104 Å². The summed E-state index contributed by atoms with van der Waals surface area (Å²) < 4.78 is 5.07. The van der Waals surface area contributed by atoms with E-state index in [4.69, 9.17) is 10.6 Å². The number of nitrogens with two attached hydrogens (primary N) is 1. The van der Waals surface area contributed by atoms with Crippen LogP contribution in [0.1, 0.15) is 21.5 Å². The summed E-state index contributed by atoms with van der Waals surface area (Å²) in [5.74, 6) is 6.12. The number of hydrazine groups is 1. The number of thiophene rings is 1. The van der Waals surface area contributed by atoms with Gasteiger partial charge in [-0.25, -0.2) is 15.4 Å². The Hall–Kier alpha value is -1.50. The van der Waals surface area contributed by atoms with Crippen molar-refractivity contribution in [2.24, 2.45) is 5.84 Å². The summed E-state index contributed by atoms with van der Waals surface area (Å²) in [6, 6.07) is 5.74. The molecule has 0 saturated heterocycles. The highest BCUT2D eigenvalue weighted by atomic mass is 32.1. The topological polar surface area (TPSA) is 73.1 Å². The molecule has 0 amide bonds. The van der Waals surface area contributed by atoms with Gasteiger partial charge in [0.1, 0.15) is 6.33 Å². The molecule has 17 heavy (non-hydrogen) atoms. The average Bonchev–Trinajstić information content (AvgIpc) is 2.77. The van der Waals surface area contributed by atoms with Crippen molar-refractivity contribution in [2.75, 3.05) is 7.11 Å². The number of hydrogen-bond donors (Lipinski definition) is 2. The third-order valence-corrected chi connectivity index (χ3v) is 3.45. The van der Waals surface area contributed by atoms with Crippen molar-refractivity contribution in [3.8, 4) is 5.88 Å². The Morgan fingerprint density at radius 3 is 2.82 bits per heavy atom. The van der Waals surface area contributed by atoms with E-state index in [-0.39, 0.29) is 6.04 Å². The van der Waals surface area contributed by atoms with Crippen molar-refractivity contribution in [1.29, 1.82) is 0 Å². The van der Waals surface area contributed by atoms with E-state index in [0.717, 1.165) is 10.6 Å².